The van der Waals surface area contributed by atoms with Crippen molar-refractivity contribution >= 4 is 34.1 Å². The molecule has 7 heteroatoms. The molecule has 0 spiro atoms. The molecule has 1 N–H and O–H groups in total. The highest BCUT2D eigenvalue weighted by Crippen LogP contribution is 2.26. The summed E-state index contributed by atoms with van der Waals surface area (Å²) in [7, 11) is 0. The van der Waals surface area contributed by atoms with Crippen LogP contribution >= 0.6 is 0 Å². The van der Waals surface area contributed by atoms with E-state index in [1.807, 2.05) is 30.3 Å². The molecule has 0 saturated heterocycles. The van der Waals surface area contributed by atoms with Crippen molar-refractivity contribution in [3.05, 3.63) is 117 Å². The van der Waals surface area contributed by atoms with E-state index in [1.165, 1.54) is 18.2 Å². The maximum atomic E-state index is 12.6. The Balaban J connectivity index is 1.46. The van der Waals surface area contributed by atoms with Crippen molar-refractivity contribution in [1.29, 1.82) is 5.26 Å². The molecule has 4 rings (SSSR count). The average molecular weight is 463 g/mol. The fourth-order valence-electron chi connectivity index (χ4n) is 3.64. The first-order valence-electron chi connectivity index (χ1n) is 10.8. The Labute approximate surface area is 202 Å². The minimum atomic E-state index is -0.726. The zero-order valence-electron chi connectivity index (χ0n) is 18.9. The van der Waals surface area contributed by atoms with Crippen LogP contribution in [0.25, 0.3) is 16.8 Å². The number of nitrogens with one attached hydrogen (secondary N) is 1. The molecule has 0 aliphatic rings. The van der Waals surface area contributed by atoms with E-state index in [0.29, 0.717) is 23.5 Å². The summed E-state index contributed by atoms with van der Waals surface area (Å²) in [5.74, 6) is -0.0796. The summed E-state index contributed by atoms with van der Waals surface area (Å²) in [5, 5.41) is 25.5. The van der Waals surface area contributed by atoms with Crippen molar-refractivity contribution in [3.8, 4) is 11.8 Å². The largest absolute Gasteiger partial charge is 0.489 e. The van der Waals surface area contributed by atoms with E-state index in [1.54, 1.807) is 37.3 Å². The minimum Gasteiger partial charge on any atom is -0.489 e. The lowest BCUT2D eigenvalue weighted by molar-refractivity contribution is -0.384. The van der Waals surface area contributed by atoms with Gasteiger partial charge >= 0.3 is 0 Å². The highest BCUT2D eigenvalue weighted by atomic mass is 16.6. The van der Waals surface area contributed by atoms with Crippen LogP contribution in [0.15, 0.2) is 90.5 Å². The molecule has 7 nitrogen and oxygen atoms in total. The van der Waals surface area contributed by atoms with Gasteiger partial charge in [-0.05, 0) is 58.7 Å². The third-order valence-electron chi connectivity index (χ3n) is 5.43. The molecule has 0 saturated carbocycles. The number of amides is 1. The number of nitrogens with zero attached hydrogens (tertiary/aromatic N) is 2. The molecular weight excluding hydrogens is 442 g/mol. The number of carbonyl (C=O) groups excluding carboxylic acids is 1. The van der Waals surface area contributed by atoms with E-state index in [2.05, 4.69) is 23.5 Å². The molecule has 0 aliphatic heterocycles. The van der Waals surface area contributed by atoms with E-state index in [0.717, 1.165) is 16.3 Å². The first kappa shape index (κ1) is 23.2. The molecule has 0 fully saturated rings. The second kappa shape index (κ2) is 10.3. The van der Waals surface area contributed by atoms with Gasteiger partial charge in [0.15, 0.2) is 0 Å². The molecule has 0 aliphatic carbocycles. The number of hydrogen-bond acceptors (Lipinski definition) is 5. The van der Waals surface area contributed by atoms with Crippen molar-refractivity contribution in [2.75, 3.05) is 5.32 Å². The topological polar surface area (TPSA) is 105 Å². The number of benzene rings is 4. The number of aryl methyl sites for hydroxylation is 1. The number of fused-ring (bicyclic) bond motifs is 1. The number of nitriles is 1. The van der Waals surface area contributed by atoms with E-state index in [4.69, 9.17) is 4.74 Å². The molecule has 0 bridgehead atoms. The van der Waals surface area contributed by atoms with Crippen molar-refractivity contribution < 1.29 is 14.5 Å². The molecule has 4 aromatic carbocycles. The highest BCUT2D eigenvalue weighted by molar-refractivity contribution is 6.10. The van der Waals surface area contributed by atoms with E-state index < -0.39 is 10.8 Å². The molecule has 0 radical (unpaired) electrons. The second-order valence-corrected chi connectivity index (χ2v) is 7.90. The number of ether oxygens (including phenoxy) is 1. The maximum Gasteiger partial charge on any atom is 0.293 e. The van der Waals surface area contributed by atoms with Gasteiger partial charge < -0.3 is 10.1 Å². The summed E-state index contributed by atoms with van der Waals surface area (Å²) in [6, 6.07) is 27.5. The lowest BCUT2D eigenvalue weighted by atomic mass is 10.1. The SMILES string of the molecule is Cc1ccc(NC(=O)/C(C#N)=C/c2ccc(OCc3cccc4ccccc34)cc2)c([N+](=O)[O-])c1. The van der Waals surface area contributed by atoms with E-state index in [-0.39, 0.29) is 16.9 Å². The van der Waals surface area contributed by atoms with E-state index in [9.17, 15) is 20.2 Å². The van der Waals surface area contributed by atoms with Crippen LogP contribution in [0.5, 0.6) is 5.75 Å². The third kappa shape index (κ3) is 5.52. The van der Waals surface area contributed by atoms with Gasteiger partial charge in [-0.15, -0.1) is 0 Å². The summed E-state index contributed by atoms with van der Waals surface area (Å²) in [6.07, 6.45) is 1.42. The molecule has 0 heterocycles. The smallest absolute Gasteiger partial charge is 0.293 e. The molecule has 0 aromatic heterocycles. The Morgan fingerprint density at radius 2 is 1.80 bits per heavy atom. The van der Waals surface area contributed by atoms with Gasteiger partial charge in [0, 0.05) is 6.07 Å². The van der Waals surface area contributed by atoms with Crippen molar-refractivity contribution in [2.24, 2.45) is 0 Å². The van der Waals surface area contributed by atoms with Crippen LogP contribution in [-0.2, 0) is 11.4 Å². The molecule has 4 aromatic rings. The Bertz CT molecular complexity index is 1480. The summed E-state index contributed by atoms with van der Waals surface area (Å²) in [6.45, 7) is 2.12. The highest BCUT2D eigenvalue weighted by Gasteiger charge is 2.18. The summed E-state index contributed by atoms with van der Waals surface area (Å²) in [4.78, 5) is 23.3. The van der Waals surface area contributed by atoms with Gasteiger partial charge in [0.2, 0.25) is 0 Å². The number of hydrogen-bond donors (Lipinski definition) is 1. The Kier molecular flexibility index (Phi) is 6.84. The van der Waals surface area contributed by atoms with Crippen LogP contribution in [0, 0.1) is 28.4 Å². The number of nitro benzene ring substituents is 1. The minimum absolute atomic E-state index is 0.0314. The number of rotatable bonds is 7. The molecular formula is C28H21N3O4. The van der Waals surface area contributed by atoms with Gasteiger partial charge in [-0.2, -0.15) is 5.26 Å². The number of carbonyl (C=O) groups is 1. The lowest BCUT2D eigenvalue weighted by Crippen LogP contribution is -2.14. The molecule has 1 amide bonds. The fraction of sp³-hybridized carbons (Fsp3) is 0.0714. The second-order valence-electron chi connectivity index (χ2n) is 7.90. The van der Waals surface area contributed by atoms with Crippen molar-refractivity contribution in [3.63, 3.8) is 0 Å². The standard InChI is InChI=1S/C28H21N3O4/c1-19-9-14-26(27(15-19)31(33)34)30-28(32)23(17-29)16-20-10-12-24(13-11-20)35-18-22-7-4-6-21-5-2-3-8-25(21)22/h2-16H,18H2,1H3,(H,30,32)/b23-16+. The summed E-state index contributed by atoms with van der Waals surface area (Å²) in [5.41, 5.74) is 2.00. The zero-order chi connectivity index (χ0) is 24.8. The first-order chi connectivity index (χ1) is 16.9. The Hall–Kier alpha value is -4.96. The van der Waals surface area contributed by atoms with Gasteiger partial charge in [-0.25, -0.2) is 0 Å². The monoisotopic (exact) mass is 463 g/mol. The molecule has 35 heavy (non-hydrogen) atoms. The van der Waals surface area contributed by atoms with Gasteiger partial charge in [0.1, 0.15) is 29.7 Å². The van der Waals surface area contributed by atoms with Crippen LogP contribution in [-0.4, -0.2) is 10.8 Å². The Morgan fingerprint density at radius 3 is 2.54 bits per heavy atom. The van der Waals surface area contributed by atoms with Gasteiger partial charge in [-0.3, -0.25) is 14.9 Å². The zero-order valence-corrected chi connectivity index (χ0v) is 18.9. The van der Waals surface area contributed by atoms with Crippen LogP contribution < -0.4 is 10.1 Å². The lowest BCUT2D eigenvalue weighted by Gasteiger charge is -2.09. The summed E-state index contributed by atoms with van der Waals surface area (Å²) >= 11 is 0. The third-order valence-corrected chi connectivity index (χ3v) is 5.43. The van der Waals surface area contributed by atoms with Crippen LogP contribution in [0.1, 0.15) is 16.7 Å². The normalized spacial score (nSPS) is 11.0. The molecule has 0 unspecified atom stereocenters. The van der Waals surface area contributed by atoms with Crippen LogP contribution in [0.4, 0.5) is 11.4 Å². The average Bonchev–Trinajstić information content (AvgIpc) is 2.87. The van der Waals surface area contributed by atoms with E-state index >= 15 is 0 Å². The predicted molar refractivity (Wildman–Crippen MR) is 135 cm³/mol. The number of anilines is 1. The van der Waals surface area contributed by atoms with Crippen LogP contribution in [0.2, 0.25) is 0 Å². The van der Waals surface area contributed by atoms with Gasteiger partial charge in [0.25, 0.3) is 11.6 Å². The molecule has 172 valence electrons. The van der Waals surface area contributed by atoms with Crippen molar-refractivity contribution in [2.45, 2.75) is 13.5 Å². The molecule has 0 atom stereocenters. The predicted octanol–water partition coefficient (Wildman–Crippen LogP) is 6.18. The fourth-order valence-corrected chi connectivity index (χ4v) is 3.64. The van der Waals surface area contributed by atoms with Crippen LogP contribution in [0.3, 0.4) is 0 Å². The van der Waals surface area contributed by atoms with Gasteiger partial charge in [0.05, 0.1) is 4.92 Å². The number of nitro groups is 1. The quantitative estimate of drug-likeness (QED) is 0.152. The maximum absolute atomic E-state index is 12.6. The summed E-state index contributed by atoms with van der Waals surface area (Å²) < 4.78 is 5.93. The Morgan fingerprint density at radius 1 is 1.06 bits per heavy atom. The first-order valence-corrected chi connectivity index (χ1v) is 10.8. The van der Waals surface area contributed by atoms with Gasteiger partial charge in [-0.1, -0.05) is 60.7 Å². The van der Waals surface area contributed by atoms with Crippen molar-refractivity contribution in [1.82, 2.24) is 0 Å².